The number of benzene rings is 2. The van der Waals surface area contributed by atoms with Gasteiger partial charge < -0.3 is 9.84 Å². The molecule has 0 aromatic heterocycles. The predicted octanol–water partition coefficient (Wildman–Crippen LogP) is 3.57. The van der Waals surface area contributed by atoms with Crippen molar-refractivity contribution in [2.75, 3.05) is 0 Å². The van der Waals surface area contributed by atoms with E-state index in [0.717, 1.165) is 0 Å². The Bertz CT molecular complexity index is 793. The molecule has 2 unspecified atom stereocenters. The third-order valence-electron chi connectivity index (χ3n) is 3.98. The number of carboxylic acid groups (broad SMARTS) is 1. The third-order valence-corrected chi connectivity index (χ3v) is 3.98. The minimum Gasteiger partial charge on any atom is -0.481 e. The first-order chi connectivity index (χ1) is 11.6. The van der Waals surface area contributed by atoms with Crippen molar-refractivity contribution in [3.05, 3.63) is 96.1 Å². The van der Waals surface area contributed by atoms with Crippen LogP contribution < -0.4 is 0 Å². The van der Waals surface area contributed by atoms with Crippen LogP contribution in [0.4, 0.5) is 0 Å². The molecule has 0 bridgehead atoms. The standard InChI is InChI=1S/C20H16O4/c21-18(22)17-13-7-8-14-20(17,16-11-5-2-6-12-16)24-19(23)15-9-3-1-4-10-15/h1-14,17H,(H,21,22). The lowest BCUT2D eigenvalue weighted by Gasteiger charge is -2.36. The van der Waals surface area contributed by atoms with Crippen LogP contribution in [0.15, 0.2) is 85.0 Å². The second kappa shape index (κ2) is 6.54. The third kappa shape index (κ3) is 2.86. The predicted molar refractivity (Wildman–Crippen MR) is 89.4 cm³/mol. The van der Waals surface area contributed by atoms with E-state index < -0.39 is 23.5 Å². The Morgan fingerprint density at radius 3 is 2.17 bits per heavy atom. The van der Waals surface area contributed by atoms with Crippen LogP contribution in [0.2, 0.25) is 0 Å². The van der Waals surface area contributed by atoms with Gasteiger partial charge in [-0.15, -0.1) is 0 Å². The summed E-state index contributed by atoms with van der Waals surface area (Å²) >= 11 is 0. The van der Waals surface area contributed by atoms with Gasteiger partial charge in [-0.2, -0.15) is 0 Å². The molecule has 2 aromatic carbocycles. The van der Waals surface area contributed by atoms with Gasteiger partial charge >= 0.3 is 11.9 Å². The first kappa shape index (κ1) is 15.7. The Hall–Kier alpha value is -3.14. The highest BCUT2D eigenvalue weighted by Gasteiger charge is 2.46. The molecule has 1 N–H and O–H groups in total. The van der Waals surface area contributed by atoms with Crippen molar-refractivity contribution in [1.82, 2.24) is 0 Å². The summed E-state index contributed by atoms with van der Waals surface area (Å²) in [5, 5.41) is 9.64. The van der Waals surface area contributed by atoms with Crippen molar-refractivity contribution in [2.45, 2.75) is 5.60 Å². The maximum atomic E-state index is 12.6. The topological polar surface area (TPSA) is 63.6 Å². The molecule has 2 aromatic rings. The Labute approximate surface area is 139 Å². The molecule has 4 heteroatoms. The lowest BCUT2D eigenvalue weighted by Crippen LogP contribution is -2.42. The molecule has 1 aliphatic rings. The largest absolute Gasteiger partial charge is 0.481 e. The number of carbonyl (C=O) groups excluding carboxylic acids is 1. The second-order valence-corrected chi connectivity index (χ2v) is 5.47. The van der Waals surface area contributed by atoms with Crippen LogP contribution >= 0.6 is 0 Å². The molecule has 0 amide bonds. The molecule has 120 valence electrons. The summed E-state index contributed by atoms with van der Waals surface area (Å²) in [6, 6.07) is 17.5. The zero-order valence-electron chi connectivity index (χ0n) is 12.8. The van der Waals surface area contributed by atoms with Crippen molar-refractivity contribution >= 4 is 11.9 Å². The summed E-state index contributed by atoms with van der Waals surface area (Å²) in [4.78, 5) is 24.4. The first-order valence-electron chi connectivity index (χ1n) is 7.56. The van der Waals surface area contributed by atoms with E-state index >= 15 is 0 Å². The van der Waals surface area contributed by atoms with Gasteiger partial charge in [0.1, 0.15) is 5.92 Å². The maximum absolute atomic E-state index is 12.6. The molecule has 0 saturated carbocycles. The molecule has 4 nitrogen and oxygen atoms in total. The zero-order valence-corrected chi connectivity index (χ0v) is 12.8. The van der Waals surface area contributed by atoms with Gasteiger partial charge in [0.2, 0.25) is 0 Å². The number of hydrogen-bond donors (Lipinski definition) is 1. The Morgan fingerprint density at radius 2 is 1.54 bits per heavy atom. The summed E-state index contributed by atoms with van der Waals surface area (Å²) in [6.45, 7) is 0. The number of hydrogen-bond acceptors (Lipinski definition) is 3. The van der Waals surface area contributed by atoms with E-state index in [1.165, 1.54) is 6.08 Å². The van der Waals surface area contributed by atoms with Crippen LogP contribution in [0.25, 0.3) is 0 Å². The first-order valence-corrected chi connectivity index (χ1v) is 7.56. The van der Waals surface area contributed by atoms with Gasteiger partial charge in [0.05, 0.1) is 5.56 Å². The fourth-order valence-corrected chi connectivity index (χ4v) is 2.80. The highest BCUT2D eigenvalue weighted by molar-refractivity contribution is 5.90. The SMILES string of the molecule is O=C(OC1(c2ccccc2)C=CC=CC1C(=O)O)c1ccccc1. The quantitative estimate of drug-likeness (QED) is 0.875. The fourth-order valence-electron chi connectivity index (χ4n) is 2.80. The maximum Gasteiger partial charge on any atom is 0.339 e. The van der Waals surface area contributed by atoms with E-state index in [9.17, 15) is 14.7 Å². The van der Waals surface area contributed by atoms with E-state index in [0.29, 0.717) is 11.1 Å². The fraction of sp³-hybridized carbons (Fsp3) is 0.100. The van der Waals surface area contributed by atoms with E-state index in [4.69, 9.17) is 4.74 Å². The lowest BCUT2D eigenvalue weighted by molar-refractivity contribution is -0.147. The molecule has 0 heterocycles. The van der Waals surface area contributed by atoms with Crippen LogP contribution in [0.5, 0.6) is 0 Å². The number of esters is 1. The molecular formula is C20H16O4. The van der Waals surface area contributed by atoms with E-state index in [2.05, 4.69) is 0 Å². The van der Waals surface area contributed by atoms with Crippen LogP contribution in [0.1, 0.15) is 15.9 Å². The monoisotopic (exact) mass is 320 g/mol. The molecule has 0 radical (unpaired) electrons. The number of allylic oxidation sites excluding steroid dienone is 2. The highest BCUT2D eigenvalue weighted by atomic mass is 16.6. The van der Waals surface area contributed by atoms with Crippen LogP contribution in [-0.4, -0.2) is 17.0 Å². The average Bonchev–Trinajstić information content (AvgIpc) is 2.63. The summed E-state index contributed by atoms with van der Waals surface area (Å²) < 4.78 is 5.77. The Kier molecular flexibility index (Phi) is 4.29. The molecule has 0 fully saturated rings. The van der Waals surface area contributed by atoms with Gasteiger partial charge in [-0.1, -0.05) is 66.8 Å². The Balaban J connectivity index is 2.06. The lowest BCUT2D eigenvalue weighted by atomic mass is 9.78. The van der Waals surface area contributed by atoms with E-state index in [1.807, 2.05) is 6.07 Å². The Morgan fingerprint density at radius 1 is 0.917 bits per heavy atom. The molecule has 0 aliphatic heterocycles. The van der Waals surface area contributed by atoms with Crippen LogP contribution in [-0.2, 0) is 15.1 Å². The number of aliphatic carboxylic acids is 1. The number of ether oxygens (including phenoxy) is 1. The smallest absolute Gasteiger partial charge is 0.339 e. The summed E-state index contributed by atoms with van der Waals surface area (Å²) in [7, 11) is 0. The van der Waals surface area contributed by atoms with Crippen molar-refractivity contribution in [1.29, 1.82) is 0 Å². The van der Waals surface area contributed by atoms with Crippen molar-refractivity contribution in [3.63, 3.8) is 0 Å². The minimum atomic E-state index is -1.38. The van der Waals surface area contributed by atoms with Gasteiger partial charge in [0, 0.05) is 5.56 Å². The van der Waals surface area contributed by atoms with Crippen LogP contribution in [0, 0.1) is 5.92 Å². The van der Waals surface area contributed by atoms with Gasteiger partial charge in [-0.05, 0) is 18.2 Å². The van der Waals surface area contributed by atoms with Gasteiger partial charge in [0.25, 0.3) is 0 Å². The average molecular weight is 320 g/mol. The highest BCUT2D eigenvalue weighted by Crippen LogP contribution is 2.39. The molecule has 3 rings (SSSR count). The van der Waals surface area contributed by atoms with E-state index in [-0.39, 0.29) is 0 Å². The van der Waals surface area contributed by atoms with Gasteiger partial charge in [-0.25, -0.2) is 4.79 Å². The molecule has 1 aliphatic carbocycles. The van der Waals surface area contributed by atoms with Gasteiger partial charge in [0.15, 0.2) is 5.60 Å². The molecule has 0 saturated heterocycles. The van der Waals surface area contributed by atoms with Crippen LogP contribution in [0.3, 0.4) is 0 Å². The summed E-state index contributed by atoms with van der Waals surface area (Å²) in [5.74, 6) is -2.62. The van der Waals surface area contributed by atoms with Crippen molar-refractivity contribution < 1.29 is 19.4 Å². The number of carboxylic acids is 1. The van der Waals surface area contributed by atoms with Crippen molar-refractivity contribution in [3.8, 4) is 0 Å². The number of rotatable bonds is 4. The minimum absolute atomic E-state index is 0.375. The van der Waals surface area contributed by atoms with Gasteiger partial charge in [-0.3, -0.25) is 4.79 Å². The molecule has 0 spiro atoms. The van der Waals surface area contributed by atoms with E-state index in [1.54, 1.807) is 72.8 Å². The second-order valence-electron chi connectivity index (χ2n) is 5.47. The molecule has 2 atom stereocenters. The van der Waals surface area contributed by atoms with Crippen molar-refractivity contribution in [2.24, 2.45) is 5.92 Å². The summed E-state index contributed by atoms with van der Waals surface area (Å²) in [5.41, 5.74) is -0.392. The number of carbonyl (C=O) groups is 2. The molecular weight excluding hydrogens is 304 g/mol. The molecule has 24 heavy (non-hydrogen) atoms. The zero-order chi connectivity index (χ0) is 17.0. The normalized spacial score (nSPS) is 22.1. The summed E-state index contributed by atoms with van der Waals surface area (Å²) in [6.07, 6.45) is 6.51.